The van der Waals surface area contributed by atoms with E-state index >= 15 is 0 Å². The molecular formula is C14H22IN3. The van der Waals surface area contributed by atoms with E-state index in [1.807, 2.05) is 0 Å². The van der Waals surface area contributed by atoms with Gasteiger partial charge < -0.3 is 10.6 Å². The summed E-state index contributed by atoms with van der Waals surface area (Å²) < 4.78 is 0. The Hall–Kier alpha value is -0.780. The molecule has 2 N–H and O–H groups in total. The molecule has 0 atom stereocenters. The number of aryl methyl sites for hydroxylation is 1. The van der Waals surface area contributed by atoms with Crippen LogP contribution < -0.4 is 10.6 Å². The number of aliphatic imine (C=N–C) groups is 1. The summed E-state index contributed by atoms with van der Waals surface area (Å²) in [5.74, 6) is 0.913. The van der Waals surface area contributed by atoms with Crippen LogP contribution in [0, 0.1) is 13.8 Å². The first kappa shape index (κ1) is 15.3. The Bertz CT molecular complexity index is 452. The molecule has 0 fully saturated rings. The van der Waals surface area contributed by atoms with Gasteiger partial charge in [0.2, 0.25) is 0 Å². The van der Waals surface area contributed by atoms with Crippen LogP contribution in [0.25, 0.3) is 0 Å². The van der Waals surface area contributed by atoms with Crippen molar-refractivity contribution in [2.24, 2.45) is 4.99 Å². The van der Waals surface area contributed by atoms with Crippen molar-refractivity contribution in [1.29, 1.82) is 0 Å². The Morgan fingerprint density at radius 1 is 1.33 bits per heavy atom. The van der Waals surface area contributed by atoms with Gasteiger partial charge in [0.1, 0.15) is 0 Å². The number of halogens is 1. The lowest BCUT2D eigenvalue weighted by Gasteiger charge is -2.19. The van der Waals surface area contributed by atoms with Crippen molar-refractivity contribution in [2.45, 2.75) is 39.8 Å². The van der Waals surface area contributed by atoms with E-state index in [1.54, 1.807) is 0 Å². The van der Waals surface area contributed by atoms with Crippen LogP contribution in [0.15, 0.2) is 23.2 Å². The molecule has 0 amide bonds. The van der Waals surface area contributed by atoms with Gasteiger partial charge in [-0.25, -0.2) is 0 Å². The Kier molecular flexibility index (Phi) is 5.01. The number of hydrogen-bond donors (Lipinski definition) is 2. The van der Waals surface area contributed by atoms with Gasteiger partial charge in [0.15, 0.2) is 5.96 Å². The van der Waals surface area contributed by atoms with Gasteiger partial charge in [-0.2, -0.15) is 0 Å². The highest BCUT2D eigenvalue weighted by Gasteiger charge is 2.24. The average Bonchev–Trinajstić information content (AvgIpc) is 2.61. The summed E-state index contributed by atoms with van der Waals surface area (Å²) in [4.78, 5) is 4.45. The van der Waals surface area contributed by atoms with Crippen LogP contribution in [-0.2, 0) is 6.54 Å². The Balaban J connectivity index is 0.00000162. The van der Waals surface area contributed by atoms with E-state index in [2.05, 4.69) is 61.5 Å². The highest BCUT2D eigenvalue weighted by molar-refractivity contribution is 14.0. The molecule has 3 nitrogen and oxygen atoms in total. The lowest BCUT2D eigenvalue weighted by molar-refractivity contribution is 0.502. The Labute approximate surface area is 126 Å². The van der Waals surface area contributed by atoms with Gasteiger partial charge in [-0.1, -0.05) is 18.2 Å². The first-order valence-corrected chi connectivity index (χ1v) is 6.09. The van der Waals surface area contributed by atoms with Gasteiger partial charge in [0.05, 0.1) is 12.1 Å². The van der Waals surface area contributed by atoms with Crippen molar-refractivity contribution >= 4 is 29.9 Å². The maximum atomic E-state index is 4.45. The molecule has 0 saturated carbocycles. The fraction of sp³-hybridized carbons (Fsp3) is 0.500. The minimum Gasteiger partial charge on any atom is -0.352 e. The SMILES string of the molecule is Cc1cccc(CNC2=NCC(C)(C)N2)c1C.I. The normalized spacial score (nSPS) is 16.6. The van der Waals surface area contributed by atoms with E-state index < -0.39 is 0 Å². The van der Waals surface area contributed by atoms with Gasteiger partial charge in [-0.15, -0.1) is 24.0 Å². The molecule has 0 aliphatic carbocycles. The van der Waals surface area contributed by atoms with Gasteiger partial charge in [0.25, 0.3) is 0 Å². The second-order valence-electron chi connectivity index (χ2n) is 5.39. The minimum absolute atomic E-state index is 0. The molecule has 18 heavy (non-hydrogen) atoms. The van der Waals surface area contributed by atoms with E-state index in [1.165, 1.54) is 16.7 Å². The summed E-state index contributed by atoms with van der Waals surface area (Å²) in [6.07, 6.45) is 0. The molecule has 1 heterocycles. The van der Waals surface area contributed by atoms with Crippen LogP contribution in [0.1, 0.15) is 30.5 Å². The van der Waals surface area contributed by atoms with Gasteiger partial charge in [-0.3, -0.25) is 4.99 Å². The Morgan fingerprint density at radius 2 is 2.06 bits per heavy atom. The summed E-state index contributed by atoms with van der Waals surface area (Å²) in [6.45, 7) is 10.3. The summed E-state index contributed by atoms with van der Waals surface area (Å²) in [6, 6.07) is 6.41. The van der Waals surface area contributed by atoms with E-state index in [0.29, 0.717) is 0 Å². The molecule has 0 spiro atoms. The zero-order chi connectivity index (χ0) is 12.5. The van der Waals surface area contributed by atoms with Crippen LogP contribution in [0.5, 0.6) is 0 Å². The average molecular weight is 359 g/mol. The molecule has 0 bridgehead atoms. The molecule has 4 heteroatoms. The molecule has 0 unspecified atom stereocenters. The lowest BCUT2D eigenvalue weighted by Crippen LogP contribution is -2.44. The second kappa shape index (κ2) is 5.91. The maximum absolute atomic E-state index is 4.45. The van der Waals surface area contributed by atoms with Crippen LogP contribution >= 0.6 is 24.0 Å². The highest BCUT2D eigenvalue weighted by atomic mass is 127. The monoisotopic (exact) mass is 359 g/mol. The van der Waals surface area contributed by atoms with Crippen LogP contribution in [0.3, 0.4) is 0 Å². The van der Waals surface area contributed by atoms with Crippen molar-refractivity contribution < 1.29 is 0 Å². The Morgan fingerprint density at radius 3 is 2.67 bits per heavy atom. The number of benzene rings is 1. The zero-order valence-electron chi connectivity index (χ0n) is 11.5. The van der Waals surface area contributed by atoms with Crippen LogP contribution in [-0.4, -0.2) is 18.0 Å². The minimum atomic E-state index is 0. The fourth-order valence-corrected chi connectivity index (χ4v) is 1.96. The van der Waals surface area contributed by atoms with E-state index in [-0.39, 0.29) is 29.5 Å². The molecule has 0 aromatic heterocycles. The standard InChI is InChI=1S/C14H21N3.HI/c1-10-6-5-7-12(11(10)2)8-15-13-16-9-14(3,4)17-13;/h5-7H,8-9H2,1-4H3,(H2,15,16,17);1H. The van der Waals surface area contributed by atoms with E-state index in [0.717, 1.165) is 19.0 Å². The number of rotatable bonds is 2. The van der Waals surface area contributed by atoms with Crippen molar-refractivity contribution in [2.75, 3.05) is 6.54 Å². The number of nitrogens with zero attached hydrogens (tertiary/aromatic N) is 1. The quantitative estimate of drug-likeness (QED) is 0.797. The molecule has 0 radical (unpaired) electrons. The highest BCUT2D eigenvalue weighted by Crippen LogP contribution is 2.13. The molecule has 1 aromatic carbocycles. The molecule has 1 aliphatic rings. The fourth-order valence-electron chi connectivity index (χ4n) is 1.96. The molecule has 0 saturated heterocycles. The lowest BCUT2D eigenvalue weighted by atomic mass is 10.0. The third kappa shape index (κ3) is 3.60. The molecule has 1 aliphatic heterocycles. The predicted molar refractivity (Wildman–Crippen MR) is 87.7 cm³/mol. The first-order valence-electron chi connectivity index (χ1n) is 6.09. The van der Waals surface area contributed by atoms with Crippen LogP contribution in [0.2, 0.25) is 0 Å². The smallest absolute Gasteiger partial charge is 0.192 e. The van der Waals surface area contributed by atoms with Crippen molar-refractivity contribution in [3.63, 3.8) is 0 Å². The summed E-state index contributed by atoms with van der Waals surface area (Å²) in [5, 5.41) is 6.73. The number of guanidine groups is 1. The van der Waals surface area contributed by atoms with E-state index in [4.69, 9.17) is 0 Å². The van der Waals surface area contributed by atoms with Crippen molar-refractivity contribution in [3.05, 3.63) is 34.9 Å². The van der Waals surface area contributed by atoms with E-state index in [9.17, 15) is 0 Å². The second-order valence-corrected chi connectivity index (χ2v) is 5.39. The molecule has 1 aromatic rings. The van der Waals surface area contributed by atoms with Gasteiger partial charge >= 0.3 is 0 Å². The summed E-state index contributed by atoms with van der Waals surface area (Å²) in [5.41, 5.74) is 4.12. The third-order valence-corrected chi connectivity index (χ3v) is 3.25. The summed E-state index contributed by atoms with van der Waals surface area (Å²) >= 11 is 0. The predicted octanol–water partition coefficient (Wildman–Crippen LogP) is 2.75. The maximum Gasteiger partial charge on any atom is 0.192 e. The summed E-state index contributed by atoms with van der Waals surface area (Å²) in [7, 11) is 0. The van der Waals surface area contributed by atoms with Gasteiger partial charge in [0, 0.05) is 6.54 Å². The third-order valence-electron chi connectivity index (χ3n) is 3.25. The van der Waals surface area contributed by atoms with Crippen molar-refractivity contribution in [3.8, 4) is 0 Å². The number of hydrogen-bond acceptors (Lipinski definition) is 3. The van der Waals surface area contributed by atoms with Crippen molar-refractivity contribution in [1.82, 2.24) is 10.6 Å². The molecule has 2 rings (SSSR count). The topological polar surface area (TPSA) is 36.4 Å². The first-order chi connectivity index (χ1) is 7.98. The molecular weight excluding hydrogens is 337 g/mol. The zero-order valence-corrected chi connectivity index (χ0v) is 13.8. The van der Waals surface area contributed by atoms with Crippen LogP contribution in [0.4, 0.5) is 0 Å². The largest absolute Gasteiger partial charge is 0.352 e. The molecule has 100 valence electrons. The number of nitrogens with one attached hydrogen (secondary N) is 2. The van der Waals surface area contributed by atoms with Gasteiger partial charge in [-0.05, 0) is 44.4 Å².